The van der Waals surface area contributed by atoms with E-state index in [1.807, 2.05) is 0 Å². The van der Waals surface area contributed by atoms with E-state index < -0.39 is 0 Å². The Morgan fingerprint density at radius 3 is 3.00 bits per heavy atom. The molecular formula is C7H7N3O2. The van der Waals surface area contributed by atoms with E-state index >= 15 is 0 Å². The summed E-state index contributed by atoms with van der Waals surface area (Å²) < 4.78 is 5.01. The summed E-state index contributed by atoms with van der Waals surface area (Å²) in [5.74, 6) is 0.604. The topological polar surface area (TPSA) is 60.2 Å². The molecule has 2 aromatic rings. The SMILES string of the molecule is COc1cccc2nn(O)nc12. The van der Waals surface area contributed by atoms with Crippen molar-refractivity contribution in [3.63, 3.8) is 0 Å². The number of ether oxygens (including phenoxy) is 1. The van der Waals surface area contributed by atoms with E-state index in [0.29, 0.717) is 21.7 Å². The van der Waals surface area contributed by atoms with E-state index in [1.54, 1.807) is 25.3 Å². The lowest BCUT2D eigenvalue weighted by Crippen LogP contribution is -1.93. The second-order valence-electron chi connectivity index (χ2n) is 2.30. The first-order valence-electron chi connectivity index (χ1n) is 3.40. The molecule has 0 saturated carbocycles. The van der Waals surface area contributed by atoms with Gasteiger partial charge in [-0.05, 0) is 17.1 Å². The van der Waals surface area contributed by atoms with Crippen LogP contribution in [0.5, 0.6) is 5.75 Å². The van der Waals surface area contributed by atoms with Gasteiger partial charge in [0.1, 0.15) is 11.3 Å². The van der Waals surface area contributed by atoms with Gasteiger partial charge in [0.25, 0.3) is 0 Å². The number of methoxy groups -OCH3 is 1. The molecule has 0 aliphatic rings. The maximum absolute atomic E-state index is 8.91. The highest BCUT2D eigenvalue weighted by Crippen LogP contribution is 2.20. The van der Waals surface area contributed by atoms with Crippen LogP contribution in [-0.2, 0) is 0 Å². The van der Waals surface area contributed by atoms with Gasteiger partial charge in [-0.15, -0.1) is 10.2 Å². The molecule has 0 aliphatic carbocycles. The molecule has 0 bridgehead atoms. The first-order valence-corrected chi connectivity index (χ1v) is 3.40. The summed E-state index contributed by atoms with van der Waals surface area (Å²) in [7, 11) is 1.55. The summed E-state index contributed by atoms with van der Waals surface area (Å²) >= 11 is 0. The van der Waals surface area contributed by atoms with Crippen LogP contribution in [0.15, 0.2) is 18.2 Å². The lowest BCUT2D eigenvalue weighted by molar-refractivity contribution is 0.113. The molecule has 0 radical (unpaired) electrons. The first kappa shape index (κ1) is 6.90. The van der Waals surface area contributed by atoms with E-state index in [4.69, 9.17) is 9.94 Å². The van der Waals surface area contributed by atoms with Crippen molar-refractivity contribution in [2.75, 3.05) is 7.11 Å². The molecule has 2 rings (SSSR count). The standard InChI is InChI=1S/C7H7N3O2/c1-12-6-4-2-3-5-7(6)9-10(11)8-5/h2-4,11H,1H3. The highest BCUT2D eigenvalue weighted by atomic mass is 16.5. The number of hydrogen-bond donors (Lipinski definition) is 1. The van der Waals surface area contributed by atoms with Crippen LogP contribution >= 0.6 is 0 Å². The van der Waals surface area contributed by atoms with E-state index in [2.05, 4.69) is 10.2 Å². The second kappa shape index (κ2) is 2.37. The summed E-state index contributed by atoms with van der Waals surface area (Å²) in [5, 5.41) is 16.3. The molecule has 1 aromatic heterocycles. The second-order valence-corrected chi connectivity index (χ2v) is 2.30. The minimum absolute atomic E-state index is 0.535. The van der Waals surface area contributed by atoms with E-state index in [9.17, 15) is 0 Å². The van der Waals surface area contributed by atoms with Crippen LogP contribution in [0.3, 0.4) is 0 Å². The van der Waals surface area contributed by atoms with Crippen LogP contribution in [0.4, 0.5) is 0 Å². The summed E-state index contributed by atoms with van der Waals surface area (Å²) in [6.07, 6.45) is 0. The van der Waals surface area contributed by atoms with Gasteiger partial charge < -0.3 is 9.94 Å². The molecule has 1 N–H and O–H groups in total. The van der Waals surface area contributed by atoms with Gasteiger partial charge in [-0.3, -0.25) is 0 Å². The zero-order chi connectivity index (χ0) is 8.55. The minimum Gasteiger partial charge on any atom is -0.494 e. The Balaban J connectivity index is 2.78. The lowest BCUT2D eigenvalue weighted by Gasteiger charge is -1.96. The summed E-state index contributed by atoms with van der Waals surface area (Å²) in [4.78, 5) is 0.535. The third kappa shape index (κ3) is 0.868. The maximum Gasteiger partial charge on any atom is 0.158 e. The average Bonchev–Trinajstić information content (AvgIpc) is 2.44. The van der Waals surface area contributed by atoms with Crippen LogP contribution in [0.2, 0.25) is 0 Å². The Morgan fingerprint density at radius 1 is 1.42 bits per heavy atom. The summed E-state index contributed by atoms with van der Waals surface area (Å²) in [5.41, 5.74) is 1.17. The molecule has 0 amide bonds. The lowest BCUT2D eigenvalue weighted by atomic mass is 10.3. The summed E-state index contributed by atoms with van der Waals surface area (Å²) in [6.45, 7) is 0. The van der Waals surface area contributed by atoms with Crippen LogP contribution in [-0.4, -0.2) is 27.5 Å². The van der Waals surface area contributed by atoms with Crippen LogP contribution in [0, 0.1) is 0 Å². The Morgan fingerprint density at radius 2 is 2.25 bits per heavy atom. The largest absolute Gasteiger partial charge is 0.494 e. The molecule has 5 nitrogen and oxygen atoms in total. The predicted octanol–water partition coefficient (Wildman–Crippen LogP) is 0.677. The number of aromatic nitrogens is 3. The van der Waals surface area contributed by atoms with Gasteiger partial charge in [-0.1, -0.05) is 6.07 Å². The highest BCUT2D eigenvalue weighted by Gasteiger charge is 2.05. The Hall–Kier alpha value is -1.78. The van der Waals surface area contributed by atoms with Crippen molar-refractivity contribution in [3.05, 3.63) is 18.2 Å². The molecule has 1 aromatic carbocycles. The van der Waals surface area contributed by atoms with Gasteiger partial charge in [0.2, 0.25) is 0 Å². The molecule has 0 atom stereocenters. The van der Waals surface area contributed by atoms with Crippen molar-refractivity contribution >= 4 is 11.0 Å². The molecule has 0 spiro atoms. The van der Waals surface area contributed by atoms with Crippen LogP contribution < -0.4 is 4.74 Å². The van der Waals surface area contributed by atoms with E-state index in [1.165, 1.54) is 0 Å². The Bertz CT molecular complexity index is 410. The molecular weight excluding hydrogens is 158 g/mol. The fourth-order valence-electron chi connectivity index (χ4n) is 1.06. The molecule has 0 aliphatic heterocycles. The van der Waals surface area contributed by atoms with E-state index in [-0.39, 0.29) is 0 Å². The smallest absolute Gasteiger partial charge is 0.158 e. The fraction of sp³-hybridized carbons (Fsp3) is 0.143. The van der Waals surface area contributed by atoms with Gasteiger partial charge in [0.15, 0.2) is 5.52 Å². The maximum atomic E-state index is 8.91. The third-order valence-electron chi connectivity index (χ3n) is 1.58. The van der Waals surface area contributed by atoms with Crippen molar-refractivity contribution in [2.45, 2.75) is 0 Å². The monoisotopic (exact) mass is 165 g/mol. The van der Waals surface area contributed by atoms with Crippen LogP contribution in [0.1, 0.15) is 0 Å². The number of rotatable bonds is 1. The number of benzene rings is 1. The van der Waals surface area contributed by atoms with Crippen molar-refractivity contribution in [1.29, 1.82) is 0 Å². The number of nitrogens with zero attached hydrogens (tertiary/aromatic N) is 3. The molecule has 1 heterocycles. The molecule has 12 heavy (non-hydrogen) atoms. The van der Waals surface area contributed by atoms with Crippen molar-refractivity contribution in [2.24, 2.45) is 0 Å². The Labute approximate surface area is 68.1 Å². The van der Waals surface area contributed by atoms with Gasteiger partial charge in [-0.25, -0.2) is 0 Å². The van der Waals surface area contributed by atoms with Gasteiger partial charge in [0.05, 0.1) is 7.11 Å². The molecule has 0 fully saturated rings. The van der Waals surface area contributed by atoms with Crippen molar-refractivity contribution in [3.8, 4) is 5.75 Å². The third-order valence-corrected chi connectivity index (χ3v) is 1.58. The molecule has 0 saturated heterocycles. The quantitative estimate of drug-likeness (QED) is 0.631. The normalized spacial score (nSPS) is 10.4. The highest BCUT2D eigenvalue weighted by molar-refractivity contribution is 5.80. The average molecular weight is 165 g/mol. The first-order chi connectivity index (χ1) is 5.81. The number of fused-ring (bicyclic) bond motifs is 1. The van der Waals surface area contributed by atoms with Gasteiger partial charge >= 0.3 is 0 Å². The van der Waals surface area contributed by atoms with Crippen LogP contribution in [0.25, 0.3) is 11.0 Å². The van der Waals surface area contributed by atoms with Gasteiger partial charge in [0, 0.05) is 0 Å². The summed E-state index contributed by atoms with van der Waals surface area (Å²) in [6, 6.07) is 5.30. The van der Waals surface area contributed by atoms with Crippen molar-refractivity contribution < 1.29 is 9.94 Å². The zero-order valence-corrected chi connectivity index (χ0v) is 6.43. The number of hydrogen-bond acceptors (Lipinski definition) is 4. The molecule has 0 unspecified atom stereocenters. The van der Waals surface area contributed by atoms with Crippen molar-refractivity contribution in [1.82, 2.24) is 15.2 Å². The molecule has 5 heteroatoms. The predicted molar refractivity (Wildman–Crippen MR) is 41.3 cm³/mol. The Kier molecular flexibility index (Phi) is 1.36. The van der Waals surface area contributed by atoms with E-state index in [0.717, 1.165) is 0 Å². The van der Waals surface area contributed by atoms with Gasteiger partial charge in [-0.2, -0.15) is 0 Å². The zero-order valence-electron chi connectivity index (χ0n) is 6.43. The minimum atomic E-state index is 0.535. The fourth-order valence-corrected chi connectivity index (χ4v) is 1.06. The molecule has 62 valence electrons.